The molecule has 0 aliphatic heterocycles. The monoisotopic (exact) mass is 396 g/mol. The molecule has 3 rings (SSSR count). The highest BCUT2D eigenvalue weighted by Gasteiger charge is 2.13. The van der Waals surface area contributed by atoms with Crippen LogP contribution in [0.2, 0.25) is 0 Å². The first kappa shape index (κ1) is 19.1. The maximum absolute atomic E-state index is 12.2. The molecule has 0 aliphatic carbocycles. The van der Waals surface area contributed by atoms with E-state index in [0.717, 1.165) is 0 Å². The van der Waals surface area contributed by atoms with Crippen LogP contribution >= 0.6 is 12.2 Å². The summed E-state index contributed by atoms with van der Waals surface area (Å²) in [5.74, 6) is -1.14. The number of nitrogens with one attached hydrogen (secondary N) is 1. The van der Waals surface area contributed by atoms with E-state index in [9.17, 15) is 19.8 Å². The molecule has 1 heterocycles. The Hall–Kier alpha value is -3.72. The van der Waals surface area contributed by atoms with Crippen LogP contribution in [0.3, 0.4) is 0 Å². The molecule has 0 fully saturated rings. The number of carboxylic acids is 1. The van der Waals surface area contributed by atoms with Gasteiger partial charge in [-0.1, -0.05) is 18.2 Å². The standard InChI is InChI=1S/C19H15N3O5S/c1-27-14-4-2-3-13(9-14)22-17(24)15(16(23)21-19(22)28)10-20-12-7-5-11(6-8-12)18(25)26/h2-10,24H,1H3,(H,25,26)(H,21,23,28)/p-1. The third-order valence-electron chi connectivity index (χ3n) is 3.88. The second-order valence-corrected chi connectivity index (χ2v) is 6.01. The van der Waals surface area contributed by atoms with Crippen molar-refractivity contribution in [3.63, 3.8) is 0 Å². The smallest absolute Gasteiger partial charge is 0.264 e. The SMILES string of the molecule is COc1cccc(-n2c(O)c(C=Nc3ccc(C(=O)[O-])cc3)c(=O)[nH]c2=S)c1. The Balaban J connectivity index is 2.05. The lowest BCUT2D eigenvalue weighted by Crippen LogP contribution is -2.21. The number of aliphatic imine (C=N–C) groups is 1. The number of aromatic carboxylic acids is 1. The van der Waals surface area contributed by atoms with Crippen molar-refractivity contribution in [2.75, 3.05) is 7.11 Å². The number of nitrogens with zero attached hydrogens (tertiary/aromatic N) is 2. The number of aromatic amines is 1. The van der Waals surface area contributed by atoms with E-state index in [4.69, 9.17) is 17.0 Å². The summed E-state index contributed by atoms with van der Waals surface area (Å²) in [7, 11) is 1.51. The van der Waals surface area contributed by atoms with E-state index >= 15 is 0 Å². The maximum atomic E-state index is 12.2. The summed E-state index contributed by atoms with van der Waals surface area (Å²) < 4.78 is 6.45. The van der Waals surface area contributed by atoms with Crippen LogP contribution < -0.4 is 15.4 Å². The number of H-pyrrole nitrogens is 1. The summed E-state index contributed by atoms with van der Waals surface area (Å²) in [5, 5.41) is 21.4. The van der Waals surface area contributed by atoms with Crippen LogP contribution in [0, 0.1) is 4.77 Å². The number of carboxylic acid groups (broad SMARTS) is 1. The van der Waals surface area contributed by atoms with Gasteiger partial charge < -0.3 is 19.7 Å². The van der Waals surface area contributed by atoms with Crippen molar-refractivity contribution >= 4 is 30.1 Å². The van der Waals surface area contributed by atoms with Gasteiger partial charge in [-0.2, -0.15) is 0 Å². The average Bonchev–Trinajstić information content (AvgIpc) is 2.68. The number of carbonyl (C=O) groups excluding carboxylic acids is 1. The van der Waals surface area contributed by atoms with Gasteiger partial charge in [-0.15, -0.1) is 0 Å². The second kappa shape index (κ2) is 7.89. The highest BCUT2D eigenvalue weighted by Crippen LogP contribution is 2.22. The Kier molecular flexibility index (Phi) is 5.37. The molecule has 0 radical (unpaired) electrons. The van der Waals surface area contributed by atoms with Crippen LogP contribution in [-0.2, 0) is 0 Å². The molecule has 0 aliphatic rings. The lowest BCUT2D eigenvalue weighted by Gasteiger charge is -2.12. The van der Waals surface area contributed by atoms with Gasteiger partial charge >= 0.3 is 0 Å². The molecule has 2 N–H and O–H groups in total. The average molecular weight is 396 g/mol. The summed E-state index contributed by atoms with van der Waals surface area (Å²) in [6.45, 7) is 0. The molecule has 1 aromatic heterocycles. The first-order chi connectivity index (χ1) is 13.4. The third-order valence-corrected chi connectivity index (χ3v) is 4.16. The fraction of sp³-hybridized carbons (Fsp3) is 0.0526. The number of methoxy groups -OCH3 is 1. The summed E-state index contributed by atoms with van der Waals surface area (Å²) in [6, 6.07) is 12.3. The molecule has 142 valence electrons. The molecule has 2 aromatic carbocycles. The number of ether oxygens (including phenoxy) is 1. The minimum absolute atomic E-state index is 0.00553. The third kappa shape index (κ3) is 3.84. The quantitative estimate of drug-likeness (QED) is 0.501. The molecule has 0 unspecified atom stereocenters. The van der Waals surface area contributed by atoms with Crippen LogP contribution in [-0.4, -0.2) is 34.0 Å². The van der Waals surface area contributed by atoms with E-state index < -0.39 is 17.4 Å². The first-order valence-corrected chi connectivity index (χ1v) is 8.39. The summed E-state index contributed by atoms with van der Waals surface area (Å²) in [4.78, 5) is 29.6. The molecular weight excluding hydrogens is 382 g/mol. The van der Waals surface area contributed by atoms with Crippen molar-refractivity contribution in [1.82, 2.24) is 9.55 Å². The highest BCUT2D eigenvalue weighted by molar-refractivity contribution is 7.71. The van der Waals surface area contributed by atoms with Crippen molar-refractivity contribution in [1.29, 1.82) is 0 Å². The molecular formula is C19H14N3O5S-. The van der Waals surface area contributed by atoms with E-state index in [-0.39, 0.29) is 15.9 Å². The van der Waals surface area contributed by atoms with E-state index in [1.165, 1.54) is 42.2 Å². The number of aromatic hydroxyl groups is 1. The van der Waals surface area contributed by atoms with Crippen molar-refractivity contribution in [3.8, 4) is 17.3 Å². The lowest BCUT2D eigenvalue weighted by molar-refractivity contribution is -0.255. The Morgan fingerprint density at radius 3 is 2.64 bits per heavy atom. The number of benzene rings is 2. The zero-order valence-electron chi connectivity index (χ0n) is 14.6. The predicted octanol–water partition coefficient (Wildman–Crippen LogP) is 1.72. The van der Waals surface area contributed by atoms with Gasteiger partial charge in [0.25, 0.3) is 5.56 Å². The number of carbonyl (C=O) groups is 1. The molecule has 0 bridgehead atoms. The highest BCUT2D eigenvalue weighted by atomic mass is 32.1. The molecule has 28 heavy (non-hydrogen) atoms. The van der Waals surface area contributed by atoms with Crippen LogP contribution in [0.15, 0.2) is 58.3 Å². The minimum Gasteiger partial charge on any atom is -0.545 e. The Bertz CT molecular complexity index is 1180. The number of rotatable bonds is 5. The number of hydrogen-bond donors (Lipinski definition) is 2. The zero-order valence-corrected chi connectivity index (χ0v) is 15.4. The van der Waals surface area contributed by atoms with Gasteiger partial charge in [0.2, 0.25) is 5.88 Å². The van der Waals surface area contributed by atoms with E-state index in [0.29, 0.717) is 17.1 Å². The summed E-state index contributed by atoms with van der Waals surface area (Å²) in [5.41, 5.74) is 0.161. The van der Waals surface area contributed by atoms with Gasteiger partial charge in [-0.3, -0.25) is 19.3 Å². The molecule has 0 spiro atoms. The van der Waals surface area contributed by atoms with E-state index in [1.54, 1.807) is 24.3 Å². The molecule has 0 atom stereocenters. The van der Waals surface area contributed by atoms with Gasteiger partial charge in [-0.05, 0) is 42.0 Å². The number of aromatic nitrogens is 2. The van der Waals surface area contributed by atoms with Crippen LogP contribution in [0.25, 0.3) is 5.69 Å². The Morgan fingerprint density at radius 2 is 2.00 bits per heavy atom. The van der Waals surface area contributed by atoms with E-state index in [1.807, 2.05) is 0 Å². The van der Waals surface area contributed by atoms with Gasteiger partial charge in [0, 0.05) is 12.3 Å². The van der Waals surface area contributed by atoms with Crippen LogP contribution in [0.5, 0.6) is 11.6 Å². The van der Waals surface area contributed by atoms with Crippen molar-refractivity contribution in [3.05, 3.63) is 74.8 Å². The summed E-state index contributed by atoms with van der Waals surface area (Å²) >= 11 is 5.17. The molecule has 8 nitrogen and oxygen atoms in total. The first-order valence-electron chi connectivity index (χ1n) is 7.99. The van der Waals surface area contributed by atoms with Gasteiger partial charge in [0.05, 0.1) is 24.5 Å². The second-order valence-electron chi connectivity index (χ2n) is 5.63. The van der Waals surface area contributed by atoms with Gasteiger partial charge in [-0.25, -0.2) is 0 Å². The predicted molar refractivity (Wildman–Crippen MR) is 103 cm³/mol. The van der Waals surface area contributed by atoms with Gasteiger partial charge in [0.1, 0.15) is 11.3 Å². The molecule has 0 saturated heterocycles. The maximum Gasteiger partial charge on any atom is 0.264 e. The van der Waals surface area contributed by atoms with Crippen LogP contribution in [0.4, 0.5) is 5.69 Å². The zero-order chi connectivity index (χ0) is 20.3. The van der Waals surface area contributed by atoms with Crippen molar-refractivity contribution in [2.24, 2.45) is 4.99 Å². The van der Waals surface area contributed by atoms with E-state index in [2.05, 4.69) is 9.98 Å². The lowest BCUT2D eigenvalue weighted by atomic mass is 10.2. The normalized spacial score (nSPS) is 10.9. The fourth-order valence-electron chi connectivity index (χ4n) is 2.47. The van der Waals surface area contributed by atoms with Crippen LogP contribution in [0.1, 0.15) is 15.9 Å². The fourth-order valence-corrected chi connectivity index (χ4v) is 2.75. The molecule has 9 heteroatoms. The molecule has 3 aromatic rings. The minimum atomic E-state index is -1.30. The Morgan fingerprint density at radius 1 is 1.29 bits per heavy atom. The molecule has 0 saturated carbocycles. The van der Waals surface area contributed by atoms with Crippen molar-refractivity contribution in [2.45, 2.75) is 0 Å². The molecule has 0 amide bonds. The van der Waals surface area contributed by atoms with Gasteiger partial charge in [0.15, 0.2) is 4.77 Å². The Labute approximate surface area is 164 Å². The topological polar surface area (TPSA) is 120 Å². The number of hydrogen-bond acceptors (Lipinski definition) is 7. The van der Waals surface area contributed by atoms with Crippen molar-refractivity contribution < 1.29 is 19.7 Å². The largest absolute Gasteiger partial charge is 0.545 e. The summed E-state index contributed by atoms with van der Waals surface area (Å²) in [6.07, 6.45) is 1.17.